The van der Waals surface area contributed by atoms with E-state index in [1.54, 1.807) is 37.7 Å². The number of sulfonamides is 1. The summed E-state index contributed by atoms with van der Waals surface area (Å²) in [4.78, 5) is 0.248. The van der Waals surface area contributed by atoms with Gasteiger partial charge in [0.25, 0.3) is 10.0 Å². The first-order valence-electron chi connectivity index (χ1n) is 5.91. The first-order valence-corrected chi connectivity index (χ1v) is 7.40. The molecule has 1 N–H and O–H groups in total. The van der Waals surface area contributed by atoms with E-state index in [1.165, 1.54) is 0 Å². The maximum atomic E-state index is 12.4. The second-order valence-corrected chi connectivity index (χ2v) is 6.16. The van der Waals surface area contributed by atoms with Crippen molar-refractivity contribution in [3.05, 3.63) is 41.2 Å². The van der Waals surface area contributed by atoms with Crippen LogP contribution in [-0.4, -0.2) is 18.2 Å². The second-order valence-electron chi connectivity index (χ2n) is 4.54. The molecule has 0 radical (unpaired) electrons. The molecule has 5 nitrogen and oxygen atoms in total. The van der Waals surface area contributed by atoms with Gasteiger partial charge in [-0.05, 0) is 32.4 Å². The third-order valence-electron chi connectivity index (χ3n) is 3.10. The summed E-state index contributed by atoms with van der Waals surface area (Å²) < 4.78 is 29.1. The number of anilines is 1. The van der Waals surface area contributed by atoms with Crippen LogP contribution in [0.4, 0.5) is 5.69 Å². The third-order valence-corrected chi connectivity index (χ3v) is 4.72. The van der Waals surface area contributed by atoms with Crippen LogP contribution in [-0.2, 0) is 17.1 Å². The summed E-state index contributed by atoms with van der Waals surface area (Å²) in [7, 11) is -1.88. The topological polar surface area (TPSA) is 64.0 Å². The quantitative estimate of drug-likeness (QED) is 0.936. The van der Waals surface area contributed by atoms with Gasteiger partial charge < -0.3 is 0 Å². The average Bonchev–Trinajstić information content (AvgIpc) is 2.56. The van der Waals surface area contributed by atoms with Crippen molar-refractivity contribution >= 4 is 15.7 Å². The van der Waals surface area contributed by atoms with Gasteiger partial charge in [0.05, 0.1) is 17.1 Å². The first-order chi connectivity index (χ1) is 8.83. The molecule has 2 rings (SSSR count). The molecule has 0 aliphatic heterocycles. The number of aryl methyl sites for hydroxylation is 3. The van der Waals surface area contributed by atoms with Crippen LogP contribution in [0.3, 0.4) is 0 Å². The number of nitrogens with zero attached hydrogens (tertiary/aromatic N) is 2. The van der Waals surface area contributed by atoms with Gasteiger partial charge in [-0.1, -0.05) is 18.2 Å². The molecular formula is C13H17N3O2S. The van der Waals surface area contributed by atoms with E-state index in [9.17, 15) is 8.42 Å². The van der Waals surface area contributed by atoms with Crippen LogP contribution in [0.5, 0.6) is 0 Å². The minimum atomic E-state index is -3.61. The van der Waals surface area contributed by atoms with E-state index in [0.717, 1.165) is 5.56 Å². The lowest BCUT2D eigenvalue weighted by Crippen LogP contribution is -2.15. The molecule has 0 atom stereocenters. The smallest absolute Gasteiger partial charge is 0.265 e. The fourth-order valence-corrected chi connectivity index (χ4v) is 3.60. The minimum Gasteiger partial charge on any atom is -0.279 e. The SMILES string of the molecule is Cc1ccccc1NS(=O)(=O)c1c(C)nn(C)c1C. The molecular weight excluding hydrogens is 262 g/mol. The standard InChI is InChI=1S/C13H17N3O2S/c1-9-7-5-6-8-12(9)15-19(17,18)13-10(2)14-16(4)11(13)3/h5-8,15H,1-4H3. The van der Waals surface area contributed by atoms with Gasteiger partial charge in [-0.2, -0.15) is 5.10 Å². The van der Waals surface area contributed by atoms with Crippen molar-refractivity contribution in [1.29, 1.82) is 0 Å². The van der Waals surface area contributed by atoms with Crippen molar-refractivity contribution in [2.75, 3.05) is 4.72 Å². The fraction of sp³-hybridized carbons (Fsp3) is 0.308. The van der Waals surface area contributed by atoms with Gasteiger partial charge in [-0.15, -0.1) is 0 Å². The molecule has 0 aliphatic carbocycles. The van der Waals surface area contributed by atoms with E-state index in [0.29, 0.717) is 17.1 Å². The van der Waals surface area contributed by atoms with Gasteiger partial charge in [0.15, 0.2) is 0 Å². The highest BCUT2D eigenvalue weighted by atomic mass is 32.2. The molecule has 1 aromatic heterocycles. The zero-order valence-corrected chi connectivity index (χ0v) is 12.2. The Morgan fingerprint density at radius 3 is 2.32 bits per heavy atom. The molecule has 102 valence electrons. The number of para-hydroxylation sites is 1. The average molecular weight is 279 g/mol. The maximum absolute atomic E-state index is 12.4. The van der Waals surface area contributed by atoms with Crippen LogP contribution < -0.4 is 4.72 Å². The van der Waals surface area contributed by atoms with Gasteiger partial charge in [0.2, 0.25) is 0 Å². The monoisotopic (exact) mass is 279 g/mol. The Morgan fingerprint density at radius 1 is 1.16 bits per heavy atom. The second kappa shape index (κ2) is 4.70. The highest BCUT2D eigenvalue weighted by Gasteiger charge is 2.24. The predicted octanol–water partition coefficient (Wildman–Crippen LogP) is 2.15. The van der Waals surface area contributed by atoms with Crippen LogP contribution >= 0.6 is 0 Å². The van der Waals surface area contributed by atoms with Gasteiger partial charge in [-0.25, -0.2) is 8.42 Å². The van der Waals surface area contributed by atoms with Crippen molar-refractivity contribution in [1.82, 2.24) is 9.78 Å². The normalized spacial score (nSPS) is 11.6. The number of hydrogen-bond donors (Lipinski definition) is 1. The maximum Gasteiger partial charge on any atom is 0.265 e. The van der Waals surface area contributed by atoms with Crippen molar-refractivity contribution in [3.63, 3.8) is 0 Å². The van der Waals surface area contributed by atoms with E-state index in [4.69, 9.17) is 0 Å². The van der Waals surface area contributed by atoms with Crippen molar-refractivity contribution < 1.29 is 8.42 Å². The Labute approximate surface area is 113 Å². The lowest BCUT2D eigenvalue weighted by atomic mass is 10.2. The lowest BCUT2D eigenvalue weighted by molar-refractivity contribution is 0.599. The Balaban J connectivity index is 2.47. The van der Waals surface area contributed by atoms with E-state index < -0.39 is 10.0 Å². The van der Waals surface area contributed by atoms with Crippen molar-refractivity contribution in [2.24, 2.45) is 7.05 Å². The number of benzene rings is 1. The summed E-state index contributed by atoms with van der Waals surface area (Å²) >= 11 is 0. The van der Waals surface area contributed by atoms with Gasteiger partial charge in [0.1, 0.15) is 4.90 Å². The first kappa shape index (κ1) is 13.6. The molecule has 2 aromatic rings. The van der Waals surface area contributed by atoms with Crippen LogP contribution in [0.15, 0.2) is 29.2 Å². The Morgan fingerprint density at radius 2 is 1.79 bits per heavy atom. The summed E-state index contributed by atoms with van der Waals surface area (Å²) in [5, 5.41) is 4.14. The van der Waals surface area contributed by atoms with Crippen LogP contribution in [0, 0.1) is 20.8 Å². The van der Waals surface area contributed by atoms with E-state index in [-0.39, 0.29) is 4.90 Å². The van der Waals surface area contributed by atoms with E-state index in [1.807, 2.05) is 19.1 Å². The van der Waals surface area contributed by atoms with Gasteiger partial charge in [0, 0.05) is 7.05 Å². The van der Waals surface area contributed by atoms with E-state index >= 15 is 0 Å². The van der Waals surface area contributed by atoms with Gasteiger partial charge in [-0.3, -0.25) is 9.40 Å². The molecule has 1 heterocycles. The fourth-order valence-electron chi connectivity index (χ4n) is 2.03. The third kappa shape index (κ3) is 2.49. The molecule has 0 saturated heterocycles. The predicted molar refractivity (Wildman–Crippen MR) is 74.7 cm³/mol. The summed E-state index contributed by atoms with van der Waals surface area (Å²) in [5.74, 6) is 0. The highest BCUT2D eigenvalue weighted by molar-refractivity contribution is 7.92. The van der Waals surface area contributed by atoms with Crippen molar-refractivity contribution in [2.45, 2.75) is 25.7 Å². The lowest BCUT2D eigenvalue weighted by Gasteiger charge is -2.10. The zero-order chi connectivity index (χ0) is 14.2. The summed E-state index contributed by atoms with van der Waals surface area (Å²) in [5.41, 5.74) is 2.59. The van der Waals surface area contributed by atoms with E-state index in [2.05, 4.69) is 9.82 Å². The molecule has 19 heavy (non-hydrogen) atoms. The van der Waals surface area contributed by atoms with Gasteiger partial charge >= 0.3 is 0 Å². The van der Waals surface area contributed by atoms with Crippen LogP contribution in [0.1, 0.15) is 17.0 Å². The molecule has 1 aromatic carbocycles. The molecule has 0 bridgehead atoms. The molecule has 0 amide bonds. The summed E-state index contributed by atoms with van der Waals surface area (Å²) in [6, 6.07) is 7.27. The van der Waals surface area contributed by atoms with Crippen LogP contribution in [0.25, 0.3) is 0 Å². The van der Waals surface area contributed by atoms with Crippen molar-refractivity contribution in [3.8, 4) is 0 Å². The Hall–Kier alpha value is -1.82. The largest absolute Gasteiger partial charge is 0.279 e. The molecule has 0 fully saturated rings. The Bertz CT molecular complexity index is 717. The summed E-state index contributed by atoms with van der Waals surface area (Å²) in [6.07, 6.45) is 0. The highest BCUT2D eigenvalue weighted by Crippen LogP contribution is 2.23. The number of rotatable bonds is 3. The summed E-state index contributed by atoms with van der Waals surface area (Å²) in [6.45, 7) is 5.30. The molecule has 0 aliphatic rings. The molecule has 0 spiro atoms. The number of nitrogens with one attached hydrogen (secondary N) is 1. The zero-order valence-electron chi connectivity index (χ0n) is 11.4. The number of aromatic nitrogens is 2. The Kier molecular flexibility index (Phi) is 3.36. The molecule has 0 unspecified atom stereocenters. The minimum absolute atomic E-state index is 0.248. The number of hydrogen-bond acceptors (Lipinski definition) is 3. The van der Waals surface area contributed by atoms with Crippen LogP contribution in [0.2, 0.25) is 0 Å². The molecule has 0 saturated carbocycles. The molecule has 6 heteroatoms.